The Hall–Kier alpha value is -1.46. The first-order valence-electron chi connectivity index (χ1n) is 29.0. The average molecular weight is 1110 g/mol. The molecule has 0 radical (unpaired) electrons. The lowest BCUT2D eigenvalue weighted by molar-refractivity contribution is -0.134. The van der Waals surface area contributed by atoms with Gasteiger partial charge in [-0.05, 0) is 161 Å². The third-order valence-electron chi connectivity index (χ3n) is 17.4. The van der Waals surface area contributed by atoms with Gasteiger partial charge in [-0.1, -0.05) is 172 Å². The van der Waals surface area contributed by atoms with Gasteiger partial charge in [-0.25, -0.2) is 0 Å². The van der Waals surface area contributed by atoms with E-state index in [1.54, 1.807) is 78.1 Å². The summed E-state index contributed by atoms with van der Waals surface area (Å²) in [6.45, 7) is 17.0. The number of primary amides is 2. The quantitative estimate of drug-likeness (QED) is 0.0657. The van der Waals surface area contributed by atoms with Crippen LogP contribution in [-0.2, 0) is 19.2 Å². The van der Waals surface area contributed by atoms with Crippen molar-refractivity contribution in [2.24, 2.45) is 94.3 Å². The molecule has 0 spiro atoms. The maximum atomic E-state index is 10.4. The van der Waals surface area contributed by atoms with E-state index in [0.717, 1.165) is 71.0 Å². The van der Waals surface area contributed by atoms with E-state index < -0.39 is 11.9 Å². The first-order chi connectivity index (χ1) is 33.9. The number of alkyl halides is 1. The summed E-state index contributed by atoms with van der Waals surface area (Å²) in [5.41, 5.74) is 13.6. The van der Waals surface area contributed by atoms with Crippen LogP contribution in [0.15, 0.2) is 23.3 Å². The van der Waals surface area contributed by atoms with Gasteiger partial charge >= 0.3 is 11.9 Å². The minimum atomic E-state index is -0.869. The molecule has 0 bridgehead atoms. The highest BCUT2D eigenvalue weighted by atomic mass is 79.9. The number of amides is 2. The molecule has 0 aliphatic heterocycles. The summed E-state index contributed by atoms with van der Waals surface area (Å²) in [5.74, 6) is 11.1. The van der Waals surface area contributed by atoms with Gasteiger partial charge in [-0.3, -0.25) is 19.2 Å². The molecule has 8 nitrogen and oxygen atoms in total. The van der Waals surface area contributed by atoms with Crippen LogP contribution in [0.2, 0.25) is 0 Å². The van der Waals surface area contributed by atoms with Crippen LogP contribution < -0.4 is 11.5 Å². The molecule has 424 valence electrons. The maximum absolute atomic E-state index is 10.4. The van der Waals surface area contributed by atoms with Crippen LogP contribution in [0.5, 0.6) is 0 Å². The minimum absolute atomic E-state index is 0. The fraction of sp³-hybridized carbons (Fsp3) is 0.867. The van der Waals surface area contributed by atoms with Gasteiger partial charge in [0.1, 0.15) is 5.33 Å². The van der Waals surface area contributed by atoms with Crippen LogP contribution in [0.25, 0.3) is 0 Å². The number of nitrogens with two attached hydrogens (primary N) is 2. The van der Waals surface area contributed by atoms with Gasteiger partial charge in [0, 0.05) is 31.9 Å². The SMILES string of the molecule is C1=C2CCCCC2C2CCC3CCCC3C2C1.C1=C2CCCCC2C2CCC3CCCC3C2C1.CC(CS)C(N)=O.CC(CSCC(=O)O)C(N)=O.CCCCC(C)C.CCCCC(C)C.O=C(O)CBr.[HH].[HH].[HH].[HH].[HH].[HH]. The predicted octanol–water partition coefficient (Wildman–Crippen LogP) is 17.5. The number of thioether (sulfide) groups is 1. The molecule has 71 heavy (non-hydrogen) atoms. The number of carbonyl (C=O) groups excluding carboxylic acids is 2. The van der Waals surface area contributed by atoms with Crippen LogP contribution in [-0.4, -0.2) is 56.6 Å². The van der Waals surface area contributed by atoms with E-state index in [9.17, 15) is 19.2 Å². The number of rotatable bonds is 14. The summed E-state index contributed by atoms with van der Waals surface area (Å²) in [6, 6.07) is 0. The van der Waals surface area contributed by atoms with Crippen molar-refractivity contribution in [3.63, 3.8) is 0 Å². The number of unbranched alkanes of at least 4 members (excludes halogenated alkanes) is 2. The smallest absolute Gasteiger partial charge is 0.314 e. The molecule has 11 heteroatoms. The van der Waals surface area contributed by atoms with Gasteiger partial charge in [0.15, 0.2) is 0 Å². The van der Waals surface area contributed by atoms with Gasteiger partial charge in [-0.2, -0.15) is 12.6 Å². The number of carboxylic acid groups (broad SMARTS) is 2. The Morgan fingerprint density at radius 2 is 1.03 bits per heavy atom. The molecule has 12 unspecified atom stereocenters. The molecular weight excluding hydrogens is 989 g/mol. The standard InChI is InChI=1S/2C17H26.2C7H16.C6H11NO3S.C4H9NOS.C2H3BrO2.6H2/c2*1-2-6-14-12(4-1)8-10-17-15-7-3-5-13(15)9-11-16(14)17;2*1-4-5-6-7(2)3;1-4(6(7)10)2-11-3-5(8)9;1-3(2-7)4(5)6;3-1-2(4)5;;;;;;/h2*8,13-17H,1-7,9-11H2;2*7H,4-6H2,1-3H3;4H,2-3H2,1H3,(H2,7,10)(H,8,9);3,7H,2H2,1H3,(H2,5,6);1H2,(H,4,5);6*1H. The number of fused-ring (bicyclic) bond motifs is 10. The average Bonchev–Trinajstić information content (AvgIpc) is 4.06. The van der Waals surface area contributed by atoms with Crippen molar-refractivity contribution in [1.82, 2.24) is 0 Å². The van der Waals surface area contributed by atoms with Crippen LogP contribution in [0.3, 0.4) is 0 Å². The molecule has 12 atom stereocenters. The van der Waals surface area contributed by atoms with E-state index >= 15 is 0 Å². The molecule has 6 N–H and O–H groups in total. The summed E-state index contributed by atoms with van der Waals surface area (Å²) in [7, 11) is 0. The predicted molar refractivity (Wildman–Crippen MR) is 322 cm³/mol. The summed E-state index contributed by atoms with van der Waals surface area (Å²) in [4.78, 5) is 39.9. The lowest BCUT2D eigenvalue weighted by Crippen LogP contribution is -2.39. The van der Waals surface area contributed by atoms with E-state index in [0.29, 0.717) is 11.5 Å². The maximum Gasteiger partial charge on any atom is 0.314 e. The van der Waals surface area contributed by atoms with E-state index in [4.69, 9.17) is 21.7 Å². The molecular formula is C60H119BrN2O6S2. The van der Waals surface area contributed by atoms with Crippen molar-refractivity contribution in [2.45, 2.75) is 222 Å². The summed E-state index contributed by atoms with van der Waals surface area (Å²) < 4.78 is 0. The Kier molecular flexibility index (Phi) is 34.5. The molecule has 0 saturated heterocycles. The monoisotopic (exact) mass is 1110 g/mol. The Balaban J connectivity index is -0.000000271. The zero-order valence-electron chi connectivity index (χ0n) is 46.4. The second kappa shape index (κ2) is 37.3. The van der Waals surface area contributed by atoms with Gasteiger partial charge in [0.2, 0.25) is 11.8 Å². The molecule has 6 fully saturated rings. The minimum Gasteiger partial charge on any atom is -0.481 e. The number of halogens is 1. The number of hydrogen-bond donors (Lipinski definition) is 5. The Morgan fingerprint density at radius 3 is 1.34 bits per heavy atom. The zero-order chi connectivity index (χ0) is 52.9. The van der Waals surface area contributed by atoms with E-state index in [-0.39, 0.29) is 43.3 Å². The highest BCUT2D eigenvalue weighted by Gasteiger charge is 2.47. The molecule has 0 heterocycles. The van der Waals surface area contributed by atoms with Crippen molar-refractivity contribution < 1.29 is 38.0 Å². The molecule has 0 aromatic carbocycles. The summed E-state index contributed by atoms with van der Waals surface area (Å²) >= 11 is 7.77. The molecule has 8 aliphatic rings. The lowest BCUT2D eigenvalue weighted by Gasteiger charge is -2.48. The normalized spacial score (nSPS) is 29.2. The van der Waals surface area contributed by atoms with Crippen molar-refractivity contribution >= 4 is 64.1 Å². The van der Waals surface area contributed by atoms with Gasteiger partial charge in [0.05, 0.1) is 5.75 Å². The number of thiol groups is 1. The molecule has 2 amide bonds. The van der Waals surface area contributed by atoms with Crippen molar-refractivity contribution in [2.75, 3.05) is 22.6 Å². The van der Waals surface area contributed by atoms with E-state index in [1.165, 1.54) is 114 Å². The van der Waals surface area contributed by atoms with Crippen LogP contribution in [0.1, 0.15) is 231 Å². The second-order valence-electron chi connectivity index (χ2n) is 23.6. The Morgan fingerprint density at radius 1 is 0.606 bits per heavy atom. The number of aliphatic carboxylic acids is 2. The summed E-state index contributed by atoms with van der Waals surface area (Å²) in [5, 5.41) is 15.9. The van der Waals surface area contributed by atoms with E-state index in [1.807, 2.05) is 11.1 Å². The number of carboxylic acids is 2. The van der Waals surface area contributed by atoms with Gasteiger partial charge in [-0.15, -0.1) is 11.8 Å². The Labute approximate surface area is 462 Å². The Bertz CT molecular complexity index is 1520. The van der Waals surface area contributed by atoms with Crippen molar-refractivity contribution in [3.05, 3.63) is 23.3 Å². The third-order valence-corrected chi connectivity index (χ3v) is 19.6. The summed E-state index contributed by atoms with van der Waals surface area (Å²) in [6.07, 6.45) is 44.2. The van der Waals surface area contributed by atoms with Gasteiger partial charge < -0.3 is 21.7 Å². The number of hydrogen-bond acceptors (Lipinski definition) is 6. The largest absolute Gasteiger partial charge is 0.481 e. The fourth-order valence-electron chi connectivity index (χ4n) is 13.5. The first kappa shape index (κ1) is 65.7. The third kappa shape index (κ3) is 24.8. The molecule has 0 aromatic heterocycles. The van der Waals surface area contributed by atoms with Gasteiger partial charge in [0.25, 0.3) is 0 Å². The molecule has 6 saturated carbocycles. The zero-order valence-corrected chi connectivity index (χ0v) is 49.7. The fourth-order valence-corrected chi connectivity index (χ4v) is 14.4. The van der Waals surface area contributed by atoms with Crippen LogP contribution in [0.4, 0.5) is 0 Å². The molecule has 0 aromatic rings. The van der Waals surface area contributed by atoms with Crippen LogP contribution in [0, 0.1) is 82.9 Å². The topological polar surface area (TPSA) is 161 Å². The molecule has 8 rings (SSSR count). The number of allylic oxidation sites excluding steroid dienone is 4. The van der Waals surface area contributed by atoms with Crippen molar-refractivity contribution in [3.8, 4) is 0 Å². The first-order valence-corrected chi connectivity index (χ1v) is 32.0. The molecule has 8 aliphatic carbocycles. The van der Waals surface area contributed by atoms with E-state index in [2.05, 4.69) is 82.3 Å². The second-order valence-corrected chi connectivity index (χ2v) is 25.5. The lowest BCUT2D eigenvalue weighted by atomic mass is 9.57. The van der Waals surface area contributed by atoms with Crippen LogP contribution >= 0.6 is 40.3 Å². The number of carbonyl (C=O) groups is 4. The highest BCUT2D eigenvalue weighted by Crippen LogP contribution is 2.57. The highest BCUT2D eigenvalue weighted by molar-refractivity contribution is 9.09. The van der Waals surface area contributed by atoms with Crippen molar-refractivity contribution in [1.29, 1.82) is 0 Å².